The fraction of sp³-hybridized carbons (Fsp3) is 0.278. The minimum atomic E-state index is -0.224. The van der Waals surface area contributed by atoms with Crippen molar-refractivity contribution in [3.63, 3.8) is 0 Å². The molecule has 1 amide bonds. The summed E-state index contributed by atoms with van der Waals surface area (Å²) < 4.78 is 1.41. The highest BCUT2D eigenvalue weighted by atomic mass is 32.1. The maximum absolute atomic E-state index is 12.7. The largest absolute Gasteiger partial charge is 0.356 e. The Kier molecular flexibility index (Phi) is 5.14. The summed E-state index contributed by atoms with van der Waals surface area (Å²) in [6.45, 7) is 4.40. The van der Waals surface area contributed by atoms with Gasteiger partial charge in [-0.2, -0.15) is 4.68 Å². The number of carbonyl (C=O) groups excluding carboxylic acids is 1. The highest BCUT2D eigenvalue weighted by molar-refractivity contribution is 7.12. The molecule has 0 saturated carbocycles. The molecule has 0 spiro atoms. The molecule has 3 aromatic rings. The lowest BCUT2D eigenvalue weighted by atomic mass is 10.2. The second kappa shape index (κ2) is 7.48. The van der Waals surface area contributed by atoms with Crippen molar-refractivity contribution in [3.05, 3.63) is 57.3 Å². The van der Waals surface area contributed by atoms with Gasteiger partial charge in [0.2, 0.25) is 11.0 Å². The van der Waals surface area contributed by atoms with Gasteiger partial charge in [0.15, 0.2) is 0 Å². The molecule has 6 nitrogen and oxygen atoms in total. The maximum Gasteiger partial charge on any atom is 0.277 e. The second-order valence-corrected chi connectivity index (χ2v) is 6.60. The fourth-order valence-corrected chi connectivity index (χ4v) is 3.31. The van der Waals surface area contributed by atoms with Crippen molar-refractivity contribution in [2.75, 3.05) is 6.54 Å². The van der Waals surface area contributed by atoms with Gasteiger partial charge in [-0.1, -0.05) is 37.3 Å². The SMILES string of the molecule is CCCNC(=O)Cc1c(C)[nH]n(-c2nc(-c3ccccc3)cs2)c1=O. The number of benzene rings is 1. The summed E-state index contributed by atoms with van der Waals surface area (Å²) in [5.74, 6) is -0.141. The number of thiazole rings is 1. The highest BCUT2D eigenvalue weighted by Gasteiger charge is 2.17. The Hall–Kier alpha value is -2.67. The molecule has 130 valence electrons. The van der Waals surface area contributed by atoms with Gasteiger partial charge in [0, 0.05) is 28.7 Å². The van der Waals surface area contributed by atoms with Gasteiger partial charge in [-0.15, -0.1) is 11.3 Å². The minimum absolute atomic E-state index is 0.0745. The predicted octanol–water partition coefficient (Wildman–Crippen LogP) is 2.67. The average molecular weight is 356 g/mol. The molecule has 3 rings (SSSR count). The van der Waals surface area contributed by atoms with Gasteiger partial charge >= 0.3 is 0 Å². The second-order valence-electron chi connectivity index (χ2n) is 5.76. The number of rotatable bonds is 6. The first-order valence-corrected chi connectivity index (χ1v) is 9.06. The molecule has 0 aliphatic heterocycles. The van der Waals surface area contributed by atoms with Crippen molar-refractivity contribution >= 4 is 17.2 Å². The van der Waals surface area contributed by atoms with Crippen LogP contribution in [-0.2, 0) is 11.2 Å². The van der Waals surface area contributed by atoms with Crippen molar-refractivity contribution in [3.8, 4) is 16.4 Å². The molecular weight excluding hydrogens is 336 g/mol. The summed E-state index contributed by atoms with van der Waals surface area (Å²) in [4.78, 5) is 29.1. The number of amides is 1. The van der Waals surface area contributed by atoms with E-state index in [-0.39, 0.29) is 17.9 Å². The summed E-state index contributed by atoms with van der Waals surface area (Å²) in [6, 6.07) is 9.81. The summed E-state index contributed by atoms with van der Waals surface area (Å²) in [5, 5.41) is 8.30. The number of aromatic nitrogens is 3. The number of aryl methyl sites for hydroxylation is 1. The van der Waals surface area contributed by atoms with Crippen molar-refractivity contribution in [2.24, 2.45) is 0 Å². The number of carbonyl (C=O) groups is 1. The quantitative estimate of drug-likeness (QED) is 0.713. The molecule has 0 aliphatic carbocycles. The van der Waals surface area contributed by atoms with E-state index in [4.69, 9.17) is 0 Å². The maximum atomic E-state index is 12.7. The van der Waals surface area contributed by atoms with Crippen LogP contribution in [0.25, 0.3) is 16.4 Å². The first kappa shape index (κ1) is 17.2. The van der Waals surface area contributed by atoms with Crippen LogP contribution < -0.4 is 10.9 Å². The van der Waals surface area contributed by atoms with Gasteiger partial charge in [0.25, 0.3) is 5.56 Å². The highest BCUT2D eigenvalue weighted by Crippen LogP contribution is 2.23. The molecule has 1 aromatic carbocycles. The smallest absolute Gasteiger partial charge is 0.277 e. The number of H-pyrrole nitrogens is 1. The number of nitrogens with one attached hydrogen (secondary N) is 2. The zero-order chi connectivity index (χ0) is 17.8. The first-order chi connectivity index (χ1) is 12.1. The molecule has 0 saturated heterocycles. The molecule has 0 aliphatic rings. The molecule has 7 heteroatoms. The Labute approximate surface area is 149 Å². The van der Waals surface area contributed by atoms with E-state index >= 15 is 0 Å². The number of hydrogen-bond acceptors (Lipinski definition) is 4. The van der Waals surface area contributed by atoms with Crippen LogP contribution in [0, 0.1) is 6.92 Å². The van der Waals surface area contributed by atoms with Crippen LogP contribution in [0.4, 0.5) is 0 Å². The van der Waals surface area contributed by atoms with Gasteiger partial charge in [-0.25, -0.2) is 4.98 Å². The summed E-state index contributed by atoms with van der Waals surface area (Å²) >= 11 is 1.39. The Morgan fingerprint density at radius 3 is 2.80 bits per heavy atom. The fourth-order valence-electron chi connectivity index (χ4n) is 2.52. The third-order valence-corrected chi connectivity index (χ3v) is 4.68. The Morgan fingerprint density at radius 2 is 2.08 bits per heavy atom. The molecule has 0 bridgehead atoms. The number of aromatic amines is 1. The monoisotopic (exact) mass is 356 g/mol. The first-order valence-electron chi connectivity index (χ1n) is 8.18. The molecule has 0 unspecified atom stereocenters. The molecule has 25 heavy (non-hydrogen) atoms. The molecular formula is C18H20N4O2S. The minimum Gasteiger partial charge on any atom is -0.356 e. The lowest BCUT2D eigenvalue weighted by Gasteiger charge is -2.01. The third-order valence-electron chi connectivity index (χ3n) is 3.86. The van der Waals surface area contributed by atoms with Gasteiger partial charge in [-0.3, -0.25) is 14.7 Å². The van der Waals surface area contributed by atoms with E-state index in [1.165, 1.54) is 16.0 Å². The Balaban J connectivity index is 1.87. The van der Waals surface area contributed by atoms with Crippen LogP contribution in [-0.4, -0.2) is 27.2 Å². The predicted molar refractivity (Wildman–Crippen MR) is 99.2 cm³/mol. The average Bonchev–Trinajstić information content (AvgIpc) is 3.21. The van der Waals surface area contributed by atoms with Crippen LogP contribution in [0.1, 0.15) is 24.6 Å². The van der Waals surface area contributed by atoms with Gasteiger partial charge < -0.3 is 5.32 Å². The van der Waals surface area contributed by atoms with Gasteiger partial charge in [0.1, 0.15) is 0 Å². The topological polar surface area (TPSA) is 79.8 Å². The normalized spacial score (nSPS) is 10.8. The summed E-state index contributed by atoms with van der Waals surface area (Å²) in [6.07, 6.45) is 0.939. The Morgan fingerprint density at radius 1 is 1.32 bits per heavy atom. The molecule has 2 N–H and O–H groups in total. The molecule has 0 atom stereocenters. The standard InChI is InChI=1S/C18H20N4O2S/c1-3-9-19-16(23)10-14-12(2)21-22(17(14)24)18-20-15(11-25-18)13-7-5-4-6-8-13/h4-8,11,21H,3,9-10H2,1-2H3,(H,19,23). The lowest BCUT2D eigenvalue weighted by Crippen LogP contribution is -2.28. The summed E-state index contributed by atoms with van der Waals surface area (Å²) in [5.41, 5.74) is 2.76. The molecule has 0 fully saturated rings. The van der Waals surface area contributed by atoms with Crippen LogP contribution >= 0.6 is 11.3 Å². The molecule has 2 heterocycles. The number of nitrogens with zero attached hydrogens (tertiary/aromatic N) is 2. The third kappa shape index (κ3) is 3.71. The van der Waals surface area contributed by atoms with Gasteiger partial charge in [-0.05, 0) is 13.3 Å². The zero-order valence-electron chi connectivity index (χ0n) is 14.2. The van der Waals surface area contributed by atoms with Crippen molar-refractivity contribution in [1.29, 1.82) is 0 Å². The molecule has 2 aromatic heterocycles. The van der Waals surface area contributed by atoms with Crippen LogP contribution in [0.2, 0.25) is 0 Å². The summed E-state index contributed by atoms with van der Waals surface area (Å²) in [7, 11) is 0. The van der Waals surface area contributed by atoms with E-state index in [1.807, 2.05) is 42.6 Å². The van der Waals surface area contributed by atoms with E-state index in [2.05, 4.69) is 15.4 Å². The van der Waals surface area contributed by atoms with Crippen molar-refractivity contribution < 1.29 is 4.79 Å². The zero-order valence-corrected chi connectivity index (χ0v) is 15.0. The van der Waals surface area contributed by atoms with Gasteiger partial charge in [0.05, 0.1) is 12.1 Å². The van der Waals surface area contributed by atoms with E-state index in [0.29, 0.717) is 22.9 Å². The number of hydrogen-bond donors (Lipinski definition) is 2. The van der Waals surface area contributed by atoms with Crippen LogP contribution in [0.15, 0.2) is 40.5 Å². The van der Waals surface area contributed by atoms with E-state index < -0.39 is 0 Å². The van der Waals surface area contributed by atoms with E-state index in [0.717, 1.165) is 17.7 Å². The lowest BCUT2D eigenvalue weighted by molar-refractivity contribution is -0.120. The van der Waals surface area contributed by atoms with E-state index in [9.17, 15) is 9.59 Å². The van der Waals surface area contributed by atoms with Crippen LogP contribution in [0.3, 0.4) is 0 Å². The Bertz CT molecular complexity index is 924. The van der Waals surface area contributed by atoms with E-state index in [1.54, 1.807) is 6.92 Å². The van der Waals surface area contributed by atoms with Crippen molar-refractivity contribution in [1.82, 2.24) is 20.1 Å². The van der Waals surface area contributed by atoms with Crippen molar-refractivity contribution in [2.45, 2.75) is 26.7 Å². The van der Waals surface area contributed by atoms with Crippen LogP contribution in [0.5, 0.6) is 0 Å². The molecule has 0 radical (unpaired) electrons.